The number of benzene rings is 2. The Morgan fingerprint density at radius 3 is 2.32 bits per heavy atom. The fourth-order valence-electron chi connectivity index (χ4n) is 3.51. The van der Waals surface area contributed by atoms with Crippen molar-refractivity contribution in [3.05, 3.63) is 65.7 Å². The standard InChI is InChI=1S/C23H28N2O3/c1-28-20-13-10-18(11-14-20)12-15-21(26)24-22(19-8-4-2-5-9-19)23(27)25-16-6-3-7-17-25/h2,4-5,8-11,13-14,22H,3,6-7,12,15-17H2,1H3,(H,24,26)/t22-/m0/s1. The number of nitrogens with one attached hydrogen (secondary N) is 1. The van der Waals surface area contributed by atoms with Crippen LogP contribution in [0.4, 0.5) is 0 Å². The molecule has 1 saturated heterocycles. The van der Waals surface area contributed by atoms with Crippen molar-refractivity contribution in [2.24, 2.45) is 0 Å². The number of carbonyl (C=O) groups excluding carboxylic acids is 2. The van der Waals surface area contributed by atoms with Crippen molar-refractivity contribution in [1.29, 1.82) is 0 Å². The molecule has 0 aliphatic carbocycles. The van der Waals surface area contributed by atoms with Crippen LogP contribution in [0.1, 0.15) is 42.9 Å². The zero-order valence-corrected chi connectivity index (χ0v) is 16.4. The van der Waals surface area contributed by atoms with E-state index in [1.165, 1.54) is 0 Å². The first-order valence-electron chi connectivity index (χ1n) is 9.93. The highest BCUT2D eigenvalue weighted by Gasteiger charge is 2.28. The van der Waals surface area contributed by atoms with Crippen LogP contribution in [0.25, 0.3) is 0 Å². The van der Waals surface area contributed by atoms with Gasteiger partial charge in [-0.1, -0.05) is 42.5 Å². The fourth-order valence-corrected chi connectivity index (χ4v) is 3.51. The monoisotopic (exact) mass is 380 g/mol. The summed E-state index contributed by atoms with van der Waals surface area (Å²) in [7, 11) is 1.63. The van der Waals surface area contributed by atoms with E-state index in [4.69, 9.17) is 4.74 Å². The lowest BCUT2D eigenvalue weighted by Crippen LogP contribution is -2.45. The molecule has 0 spiro atoms. The summed E-state index contributed by atoms with van der Waals surface area (Å²) in [5.74, 6) is 0.670. The van der Waals surface area contributed by atoms with E-state index >= 15 is 0 Å². The predicted octanol–water partition coefficient (Wildman–Crippen LogP) is 3.50. The number of carbonyl (C=O) groups is 2. The average molecular weight is 380 g/mol. The van der Waals surface area contributed by atoms with Gasteiger partial charge in [-0.05, 0) is 48.9 Å². The fraction of sp³-hybridized carbons (Fsp3) is 0.391. The minimum Gasteiger partial charge on any atom is -0.497 e. The molecular formula is C23H28N2O3. The molecular weight excluding hydrogens is 352 g/mol. The molecule has 0 bridgehead atoms. The molecule has 1 heterocycles. The van der Waals surface area contributed by atoms with Crippen molar-refractivity contribution in [2.45, 2.75) is 38.1 Å². The second-order valence-electron chi connectivity index (χ2n) is 7.15. The van der Waals surface area contributed by atoms with Crippen LogP contribution in [0.3, 0.4) is 0 Å². The van der Waals surface area contributed by atoms with Crippen molar-refractivity contribution in [1.82, 2.24) is 10.2 Å². The van der Waals surface area contributed by atoms with Crippen LogP contribution in [-0.4, -0.2) is 36.9 Å². The Balaban J connectivity index is 1.64. The highest BCUT2D eigenvalue weighted by molar-refractivity contribution is 5.88. The Bertz CT molecular complexity index is 768. The number of likely N-dealkylation sites (tertiary alicyclic amines) is 1. The van der Waals surface area contributed by atoms with Crippen molar-refractivity contribution >= 4 is 11.8 Å². The molecule has 5 heteroatoms. The van der Waals surface area contributed by atoms with Gasteiger partial charge in [-0.25, -0.2) is 0 Å². The number of rotatable bonds is 7. The Labute approximate surface area is 166 Å². The van der Waals surface area contributed by atoms with Crippen LogP contribution in [0.2, 0.25) is 0 Å². The second kappa shape index (κ2) is 9.93. The van der Waals surface area contributed by atoms with Crippen LogP contribution < -0.4 is 10.1 Å². The molecule has 2 aromatic rings. The lowest BCUT2D eigenvalue weighted by atomic mass is 10.0. The maximum Gasteiger partial charge on any atom is 0.249 e. The van der Waals surface area contributed by atoms with Crippen molar-refractivity contribution in [3.63, 3.8) is 0 Å². The number of hydrogen-bond acceptors (Lipinski definition) is 3. The van der Waals surface area contributed by atoms with Gasteiger partial charge in [0.05, 0.1) is 7.11 Å². The lowest BCUT2D eigenvalue weighted by molar-refractivity contribution is -0.137. The molecule has 0 radical (unpaired) electrons. The normalized spacial score (nSPS) is 15.0. The SMILES string of the molecule is COc1ccc(CCC(=O)N[C@H](C(=O)N2CCCCC2)c2ccccc2)cc1. The molecule has 0 saturated carbocycles. The Morgan fingerprint density at radius 2 is 1.68 bits per heavy atom. The van der Waals surface area contributed by atoms with Gasteiger partial charge >= 0.3 is 0 Å². The topological polar surface area (TPSA) is 58.6 Å². The van der Waals surface area contributed by atoms with Crippen LogP contribution in [0.5, 0.6) is 5.75 Å². The van der Waals surface area contributed by atoms with Crippen molar-refractivity contribution < 1.29 is 14.3 Å². The maximum atomic E-state index is 13.1. The molecule has 1 aliphatic rings. The first kappa shape index (κ1) is 19.9. The van der Waals surface area contributed by atoms with E-state index in [1.54, 1.807) is 7.11 Å². The molecule has 28 heavy (non-hydrogen) atoms. The smallest absolute Gasteiger partial charge is 0.249 e. The van der Waals surface area contributed by atoms with Gasteiger partial charge in [0.1, 0.15) is 11.8 Å². The number of piperidine rings is 1. The van der Waals surface area contributed by atoms with Gasteiger partial charge in [0.15, 0.2) is 0 Å². The average Bonchev–Trinajstić information content (AvgIpc) is 2.77. The molecule has 0 aromatic heterocycles. The number of aryl methyl sites for hydroxylation is 1. The number of ether oxygens (including phenoxy) is 1. The number of amides is 2. The van der Waals surface area contributed by atoms with E-state index in [9.17, 15) is 9.59 Å². The second-order valence-corrected chi connectivity index (χ2v) is 7.15. The quantitative estimate of drug-likeness (QED) is 0.800. The first-order chi connectivity index (χ1) is 13.7. The summed E-state index contributed by atoms with van der Waals surface area (Å²) < 4.78 is 5.16. The van der Waals surface area contributed by atoms with Gasteiger partial charge < -0.3 is 15.0 Å². The lowest BCUT2D eigenvalue weighted by Gasteiger charge is -2.31. The van der Waals surface area contributed by atoms with E-state index in [0.717, 1.165) is 49.2 Å². The molecule has 1 N–H and O–H groups in total. The van der Waals surface area contributed by atoms with Gasteiger partial charge in [-0.15, -0.1) is 0 Å². The molecule has 5 nitrogen and oxygen atoms in total. The van der Waals surface area contributed by atoms with Crippen LogP contribution in [0, 0.1) is 0 Å². The summed E-state index contributed by atoms with van der Waals surface area (Å²) in [6, 6.07) is 16.6. The van der Waals surface area contributed by atoms with E-state index in [1.807, 2.05) is 59.5 Å². The van der Waals surface area contributed by atoms with E-state index in [2.05, 4.69) is 5.32 Å². The Hall–Kier alpha value is -2.82. The van der Waals surface area contributed by atoms with Crippen molar-refractivity contribution in [3.8, 4) is 5.75 Å². The zero-order valence-electron chi connectivity index (χ0n) is 16.4. The third kappa shape index (κ3) is 5.35. The van der Waals surface area contributed by atoms with Gasteiger partial charge in [0.2, 0.25) is 11.8 Å². The highest BCUT2D eigenvalue weighted by atomic mass is 16.5. The summed E-state index contributed by atoms with van der Waals surface area (Å²) in [5, 5.41) is 2.97. The van der Waals surface area contributed by atoms with E-state index in [-0.39, 0.29) is 11.8 Å². The Kier molecular flexibility index (Phi) is 7.06. The highest BCUT2D eigenvalue weighted by Crippen LogP contribution is 2.20. The molecule has 3 rings (SSSR count). The van der Waals surface area contributed by atoms with Gasteiger partial charge in [0.25, 0.3) is 0 Å². The van der Waals surface area contributed by atoms with Crippen LogP contribution >= 0.6 is 0 Å². The third-order valence-electron chi connectivity index (χ3n) is 5.15. The Morgan fingerprint density at radius 1 is 1.00 bits per heavy atom. The molecule has 148 valence electrons. The van der Waals surface area contributed by atoms with E-state index < -0.39 is 6.04 Å². The minimum absolute atomic E-state index is 0.0105. The predicted molar refractivity (Wildman–Crippen MR) is 109 cm³/mol. The summed E-state index contributed by atoms with van der Waals surface area (Å²) in [6.45, 7) is 1.54. The molecule has 2 aromatic carbocycles. The summed E-state index contributed by atoms with van der Waals surface area (Å²) >= 11 is 0. The van der Waals surface area contributed by atoms with E-state index in [0.29, 0.717) is 12.8 Å². The third-order valence-corrected chi connectivity index (χ3v) is 5.15. The summed E-state index contributed by atoms with van der Waals surface area (Å²) in [5.41, 5.74) is 1.89. The number of nitrogens with zero attached hydrogens (tertiary/aromatic N) is 1. The number of hydrogen-bond donors (Lipinski definition) is 1. The van der Waals surface area contributed by atoms with Crippen LogP contribution in [0.15, 0.2) is 54.6 Å². The van der Waals surface area contributed by atoms with Gasteiger partial charge in [0, 0.05) is 19.5 Å². The largest absolute Gasteiger partial charge is 0.497 e. The molecule has 1 fully saturated rings. The zero-order chi connectivity index (χ0) is 19.8. The summed E-state index contributed by atoms with van der Waals surface area (Å²) in [4.78, 5) is 27.6. The van der Waals surface area contributed by atoms with Crippen molar-refractivity contribution in [2.75, 3.05) is 20.2 Å². The molecule has 0 unspecified atom stereocenters. The van der Waals surface area contributed by atoms with Crippen LogP contribution in [-0.2, 0) is 16.0 Å². The summed E-state index contributed by atoms with van der Waals surface area (Å²) in [6.07, 6.45) is 4.17. The molecule has 1 atom stereocenters. The van der Waals surface area contributed by atoms with Gasteiger partial charge in [-0.3, -0.25) is 9.59 Å². The van der Waals surface area contributed by atoms with Gasteiger partial charge in [-0.2, -0.15) is 0 Å². The number of methoxy groups -OCH3 is 1. The minimum atomic E-state index is -0.623. The molecule has 1 aliphatic heterocycles. The molecule has 2 amide bonds. The first-order valence-corrected chi connectivity index (χ1v) is 9.93. The maximum absolute atomic E-state index is 13.1.